The van der Waals surface area contributed by atoms with Crippen molar-refractivity contribution in [2.45, 2.75) is 0 Å². The second-order valence-electron chi connectivity index (χ2n) is 3.69. The predicted molar refractivity (Wildman–Crippen MR) is 77.0 cm³/mol. The first kappa shape index (κ1) is 14.6. The van der Waals surface area contributed by atoms with Crippen molar-refractivity contribution in [1.29, 1.82) is 0 Å². The van der Waals surface area contributed by atoms with Gasteiger partial charge in [0.2, 0.25) is 5.88 Å². The molecule has 1 aromatic carbocycles. The van der Waals surface area contributed by atoms with Crippen LogP contribution in [0.4, 0.5) is 0 Å². The van der Waals surface area contributed by atoms with Gasteiger partial charge in [-0.15, -0.1) is 0 Å². The summed E-state index contributed by atoms with van der Waals surface area (Å²) in [5.41, 5.74) is -0.0721. The van der Waals surface area contributed by atoms with Crippen molar-refractivity contribution >= 4 is 33.5 Å². The van der Waals surface area contributed by atoms with E-state index in [4.69, 9.17) is 26.2 Å². The molecule has 0 spiro atoms. The van der Waals surface area contributed by atoms with Crippen molar-refractivity contribution in [2.24, 2.45) is 0 Å². The minimum Gasteiger partial charge on any atom is -0.497 e. The monoisotopic (exact) mass is 357 g/mol. The molecule has 0 fully saturated rings. The Labute approximate surface area is 128 Å². The Morgan fingerprint density at radius 2 is 2.10 bits per heavy atom. The quantitative estimate of drug-likeness (QED) is 0.837. The van der Waals surface area contributed by atoms with E-state index in [-0.39, 0.29) is 16.6 Å². The van der Waals surface area contributed by atoms with Crippen molar-refractivity contribution in [3.63, 3.8) is 0 Å². The van der Waals surface area contributed by atoms with Gasteiger partial charge in [0.1, 0.15) is 22.2 Å². The number of hydrogen-bond donors (Lipinski definition) is 1. The zero-order chi connectivity index (χ0) is 14.7. The molecule has 0 aliphatic rings. The summed E-state index contributed by atoms with van der Waals surface area (Å²) in [6.07, 6.45) is 0. The molecule has 0 atom stereocenters. The van der Waals surface area contributed by atoms with Crippen LogP contribution in [0.25, 0.3) is 0 Å². The standard InChI is InChI=1S/C13H9BrClNO4/c1-19-7-2-4-10(9(14)6-7)20-12-8(13(17)18)3-5-11(15)16-12/h2-6H,1H3,(H,17,18). The molecule has 0 amide bonds. The van der Waals surface area contributed by atoms with Crippen LogP contribution >= 0.6 is 27.5 Å². The first-order valence-corrected chi connectivity index (χ1v) is 6.59. The zero-order valence-electron chi connectivity index (χ0n) is 10.3. The van der Waals surface area contributed by atoms with E-state index in [2.05, 4.69) is 20.9 Å². The molecular formula is C13H9BrClNO4. The van der Waals surface area contributed by atoms with E-state index in [1.165, 1.54) is 12.1 Å². The van der Waals surface area contributed by atoms with Gasteiger partial charge in [0.05, 0.1) is 11.6 Å². The number of hydrogen-bond acceptors (Lipinski definition) is 4. The molecule has 1 heterocycles. The minimum atomic E-state index is -1.14. The van der Waals surface area contributed by atoms with Gasteiger partial charge in [0.25, 0.3) is 0 Å². The van der Waals surface area contributed by atoms with Crippen LogP contribution in [0, 0.1) is 0 Å². The molecule has 2 aromatic rings. The van der Waals surface area contributed by atoms with E-state index in [0.717, 1.165) is 0 Å². The lowest BCUT2D eigenvalue weighted by Gasteiger charge is -2.10. The Morgan fingerprint density at radius 1 is 1.35 bits per heavy atom. The van der Waals surface area contributed by atoms with Crippen LogP contribution in [0.5, 0.6) is 17.4 Å². The molecule has 0 aliphatic carbocycles. The second kappa shape index (κ2) is 6.11. The zero-order valence-corrected chi connectivity index (χ0v) is 12.6. The lowest BCUT2D eigenvalue weighted by molar-refractivity contribution is 0.0693. The number of aromatic nitrogens is 1. The minimum absolute atomic E-state index is 0.0721. The number of pyridine rings is 1. The Hall–Kier alpha value is -1.79. The van der Waals surface area contributed by atoms with Crippen LogP contribution in [0.3, 0.4) is 0 Å². The average molecular weight is 359 g/mol. The maximum Gasteiger partial charge on any atom is 0.341 e. The smallest absolute Gasteiger partial charge is 0.341 e. The first-order chi connectivity index (χ1) is 9.51. The molecule has 1 aromatic heterocycles. The van der Waals surface area contributed by atoms with Crippen molar-refractivity contribution in [1.82, 2.24) is 4.98 Å². The van der Waals surface area contributed by atoms with Crippen LogP contribution in [0.15, 0.2) is 34.8 Å². The number of rotatable bonds is 4. The lowest BCUT2D eigenvalue weighted by Crippen LogP contribution is -2.02. The SMILES string of the molecule is COc1ccc(Oc2nc(Cl)ccc2C(=O)O)c(Br)c1. The normalized spacial score (nSPS) is 10.2. The van der Waals surface area contributed by atoms with Gasteiger partial charge in [0, 0.05) is 0 Å². The highest BCUT2D eigenvalue weighted by atomic mass is 79.9. The molecule has 2 rings (SSSR count). The number of methoxy groups -OCH3 is 1. The topological polar surface area (TPSA) is 68.7 Å². The average Bonchev–Trinajstić information content (AvgIpc) is 2.40. The maximum atomic E-state index is 11.1. The third-order valence-electron chi connectivity index (χ3n) is 2.40. The maximum absolute atomic E-state index is 11.1. The van der Waals surface area contributed by atoms with Gasteiger partial charge in [-0.2, -0.15) is 0 Å². The van der Waals surface area contributed by atoms with E-state index in [0.29, 0.717) is 16.0 Å². The number of carbonyl (C=O) groups is 1. The van der Waals surface area contributed by atoms with E-state index >= 15 is 0 Å². The number of nitrogens with zero attached hydrogens (tertiary/aromatic N) is 1. The number of halogens is 2. The van der Waals surface area contributed by atoms with Gasteiger partial charge in [-0.1, -0.05) is 11.6 Å². The number of carboxylic acid groups (broad SMARTS) is 1. The summed E-state index contributed by atoms with van der Waals surface area (Å²) in [7, 11) is 1.55. The second-order valence-corrected chi connectivity index (χ2v) is 4.93. The van der Waals surface area contributed by atoms with Crippen LogP contribution < -0.4 is 9.47 Å². The summed E-state index contributed by atoms with van der Waals surface area (Å²) in [5.74, 6) is -0.172. The highest BCUT2D eigenvalue weighted by Crippen LogP contribution is 2.33. The summed E-state index contributed by atoms with van der Waals surface area (Å²) < 4.78 is 11.2. The molecule has 1 N–H and O–H groups in total. The molecule has 0 aliphatic heterocycles. The predicted octanol–water partition coefficient (Wildman–Crippen LogP) is 4.00. The number of ether oxygens (including phenoxy) is 2. The lowest BCUT2D eigenvalue weighted by atomic mass is 10.2. The molecule has 20 heavy (non-hydrogen) atoms. The summed E-state index contributed by atoms with van der Waals surface area (Å²) in [4.78, 5) is 15.0. The highest BCUT2D eigenvalue weighted by Gasteiger charge is 2.15. The summed E-state index contributed by atoms with van der Waals surface area (Å²) in [6.45, 7) is 0. The largest absolute Gasteiger partial charge is 0.497 e. The van der Waals surface area contributed by atoms with E-state index in [9.17, 15) is 4.79 Å². The molecular weight excluding hydrogens is 350 g/mol. The van der Waals surface area contributed by atoms with Gasteiger partial charge >= 0.3 is 5.97 Å². The molecule has 0 saturated heterocycles. The molecule has 7 heteroatoms. The van der Waals surface area contributed by atoms with Crippen molar-refractivity contribution in [3.05, 3.63) is 45.5 Å². The van der Waals surface area contributed by atoms with Gasteiger partial charge < -0.3 is 14.6 Å². The van der Waals surface area contributed by atoms with Crippen LogP contribution in [0.2, 0.25) is 5.15 Å². The van der Waals surface area contributed by atoms with Gasteiger partial charge in [0.15, 0.2) is 0 Å². The Kier molecular flexibility index (Phi) is 4.46. The molecule has 5 nitrogen and oxygen atoms in total. The third-order valence-corrected chi connectivity index (χ3v) is 3.23. The third kappa shape index (κ3) is 3.20. The fraction of sp³-hybridized carbons (Fsp3) is 0.0769. The van der Waals surface area contributed by atoms with Crippen LogP contribution in [0.1, 0.15) is 10.4 Å². The van der Waals surface area contributed by atoms with Crippen molar-refractivity contribution in [3.8, 4) is 17.4 Å². The molecule has 0 saturated carbocycles. The molecule has 0 unspecified atom stereocenters. The van der Waals surface area contributed by atoms with E-state index in [1.54, 1.807) is 25.3 Å². The molecule has 0 radical (unpaired) electrons. The van der Waals surface area contributed by atoms with Crippen LogP contribution in [-0.4, -0.2) is 23.2 Å². The Balaban J connectivity index is 2.39. The fourth-order valence-corrected chi connectivity index (χ4v) is 2.03. The van der Waals surface area contributed by atoms with E-state index < -0.39 is 5.97 Å². The van der Waals surface area contributed by atoms with Gasteiger partial charge in [-0.05, 0) is 46.3 Å². The Bertz CT molecular complexity index is 663. The fourth-order valence-electron chi connectivity index (χ4n) is 1.45. The molecule has 0 bridgehead atoms. The number of aromatic carboxylic acids is 1. The van der Waals surface area contributed by atoms with Gasteiger partial charge in [-0.25, -0.2) is 9.78 Å². The van der Waals surface area contributed by atoms with Crippen LogP contribution in [-0.2, 0) is 0 Å². The highest BCUT2D eigenvalue weighted by molar-refractivity contribution is 9.10. The van der Waals surface area contributed by atoms with Gasteiger partial charge in [-0.3, -0.25) is 0 Å². The Morgan fingerprint density at radius 3 is 2.70 bits per heavy atom. The van der Waals surface area contributed by atoms with E-state index in [1.807, 2.05) is 0 Å². The summed E-state index contributed by atoms with van der Waals surface area (Å²) >= 11 is 9.07. The van der Waals surface area contributed by atoms with Crippen molar-refractivity contribution in [2.75, 3.05) is 7.11 Å². The number of benzene rings is 1. The summed E-state index contributed by atoms with van der Waals surface area (Å²) in [5, 5.41) is 9.24. The first-order valence-electron chi connectivity index (χ1n) is 5.42. The summed E-state index contributed by atoms with van der Waals surface area (Å²) in [6, 6.07) is 7.74. The number of carboxylic acids is 1. The molecule has 104 valence electrons. The van der Waals surface area contributed by atoms with Crippen molar-refractivity contribution < 1.29 is 19.4 Å².